The van der Waals surface area contributed by atoms with E-state index in [4.69, 9.17) is 10.5 Å². The topological polar surface area (TPSA) is 132 Å². The quantitative estimate of drug-likeness (QED) is 0.427. The second kappa shape index (κ2) is 9.04. The number of hydrogen-bond donors (Lipinski definition) is 3. The fourth-order valence-electron chi connectivity index (χ4n) is 2.84. The molecule has 2 heterocycles. The minimum Gasteiger partial charge on any atom is -0.489 e. The maximum absolute atomic E-state index is 14.4. The summed E-state index contributed by atoms with van der Waals surface area (Å²) in [4.78, 5) is 35.7. The van der Waals surface area contributed by atoms with Crippen molar-refractivity contribution in [3.63, 3.8) is 0 Å². The van der Waals surface area contributed by atoms with Crippen LogP contribution in [0.15, 0.2) is 67.0 Å². The number of hydrogen-bond acceptors (Lipinski definition) is 6. The van der Waals surface area contributed by atoms with Crippen LogP contribution in [0.5, 0.6) is 5.75 Å². The van der Waals surface area contributed by atoms with Crippen molar-refractivity contribution in [3.8, 4) is 5.75 Å². The van der Waals surface area contributed by atoms with Crippen LogP contribution in [0, 0.1) is 5.82 Å². The highest BCUT2D eigenvalue weighted by Crippen LogP contribution is 2.22. The Labute approximate surface area is 181 Å². The van der Waals surface area contributed by atoms with Gasteiger partial charge < -0.3 is 15.8 Å². The first-order valence-corrected chi connectivity index (χ1v) is 9.45. The Morgan fingerprint density at radius 2 is 1.81 bits per heavy atom. The predicted octanol–water partition coefficient (Wildman–Crippen LogP) is 3.49. The Morgan fingerprint density at radius 1 is 1.00 bits per heavy atom. The van der Waals surface area contributed by atoms with Crippen molar-refractivity contribution in [1.82, 2.24) is 15.0 Å². The van der Waals surface area contributed by atoms with Crippen LogP contribution in [-0.4, -0.2) is 26.9 Å². The molecule has 2 aromatic heterocycles. The Balaban J connectivity index is 1.37. The van der Waals surface area contributed by atoms with Crippen LogP contribution >= 0.6 is 0 Å². The first-order valence-electron chi connectivity index (χ1n) is 9.45. The Hall–Kier alpha value is -4.60. The molecule has 4 rings (SSSR count). The standard InChI is InChI=1S/C22H17FN6O3/c23-15-10-14(32-12-13-7-8-25-19(9-13)21(24)30)5-6-16(15)28-22(31)29-20-11-26-17-3-1-2-4-18(17)27-20/h1-11H,12H2,(H2,24,30)(H2,27,28,29,31). The molecule has 0 aliphatic carbocycles. The van der Waals surface area contributed by atoms with Crippen LogP contribution < -0.4 is 21.1 Å². The van der Waals surface area contributed by atoms with Gasteiger partial charge >= 0.3 is 6.03 Å². The van der Waals surface area contributed by atoms with Crippen LogP contribution in [0.25, 0.3) is 11.0 Å². The van der Waals surface area contributed by atoms with Crippen LogP contribution in [0.2, 0.25) is 0 Å². The van der Waals surface area contributed by atoms with Gasteiger partial charge in [0.25, 0.3) is 5.91 Å². The number of nitrogens with one attached hydrogen (secondary N) is 2. The first kappa shape index (κ1) is 20.7. The molecule has 0 atom stereocenters. The van der Waals surface area contributed by atoms with E-state index in [0.29, 0.717) is 16.6 Å². The third-order valence-electron chi connectivity index (χ3n) is 4.36. The monoisotopic (exact) mass is 432 g/mol. The fraction of sp³-hybridized carbons (Fsp3) is 0.0455. The summed E-state index contributed by atoms with van der Waals surface area (Å²) in [5, 5.41) is 4.94. The molecule has 0 fully saturated rings. The van der Waals surface area contributed by atoms with Gasteiger partial charge in [0.15, 0.2) is 5.82 Å². The van der Waals surface area contributed by atoms with E-state index in [1.807, 2.05) is 12.1 Å². The largest absolute Gasteiger partial charge is 0.489 e. The van der Waals surface area contributed by atoms with Gasteiger partial charge in [0.1, 0.15) is 23.9 Å². The van der Waals surface area contributed by atoms with Crippen molar-refractivity contribution < 1.29 is 18.7 Å². The van der Waals surface area contributed by atoms with Crippen molar-refractivity contribution >= 4 is 34.5 Å². The zero-order chi connectivity index (χ0) is 22.5. The van der Waals surface area contributed by atoms with Crippen molar-refractivity contribution in [3.05, 3.63) is 84.1 Å². The number of aromatic nitrogens is 3. The Morgan fingerprint density at radius 3 is 2.59 bits per heavy atom. The van der Waals surface area contributed by atoms with E-state index >= 15 is 0 Å². The van der Waals surface area contributed by atoms with Crippen LogP contribution in [0.3, 0.4) is 0 Å². The zero-order valence-corrected chi connectivity index (χ0v) is 16.6. The van der Waals surface area contributed by atoms with Crippen molar-refractivity contribution in [2.75, 3.05) is 10.6 Å². The lowest BCUT2D eigenvalue weighted by Gasteiger charge is -2.11. The van der Waals surface area contributed by atoms with E-state index in [2.05, 4.69) is 25.6 Å². The van der Waals surface area contributed by atoms with Gasteiger partial charge in [0.2, 0.25) is 0 Å². The van der Waals surface area contributed by atoms with Crippen molar-refractivity contribution in [2.45, 2.75) is 6.61 Å². The minimum atomic E-state index is -0.685. The molecule has 32 heavy (non-hydrogen) atoms. The van der Waals surface area contributed by atoms with E-state index in [0.717, 1.165) is 6.07 Å². The number of nitrogens with zero attached hydrogens (tertiary/aromatic N) is 3. The van der Waals surface area contributed by atoms with Crippen LogP contribution in [0.1, 0.15) is 16.1 Å². The molecule has 9 nitrogen and oxygen atoms in total. The molecular weight excluding hydrogens is 415 g/mol. The number of para-hydroxylation sites is 2. The summed E-state index contributed by atoms with van der Waals surface area (Å²) >= 11 is 0. The number of ether oxygens (including phenoxy) is 1. The molecule has 0 aliphatic rings. The van der Waals surface area contributed by atoms with E-state index < -0.39 is 17.8 Å². The molecule has 0 spiro atoms. The summed E-state index contributed by atoms with van der Waals surface area (Å²) in [6.45, 7) is 0.0795. The highest BCUT2D eigenvalue weighted by Gasteiger charge is 2.10. The molecule has 0 radical (unpaired) electrons. The van der Waals surface area contributed by atoms with E-state index in [1.54, 1.807) is 18.2 Å². The summed E-state index contributed by atoms with van der Waals surface area (Å²) < 4.78 is 20.0. The van der Waals surface area contributed by atoms with Gasteiger partial charge in [-0.05, 0) is 42.0 Å². The first-order chi connectivity index (χ1) is 15.5. The van der Waals surface area contributed by atoms with Gasteiger partial charge in [0, 0.05) is 12.3 Å². The number of pyridine rings is 1. The molecule has 0 aliphatic heterocycles. The van der Waals surface area contributed by atoms with Crippen molar-refractivity contribution in [1.29, 1.82) is 0 Å². The molecular formula is C22H17FN6O3. The number of amides is 3. The third-order valence-corrected chi connectivity index (χ3v) is 4.36. The molecule has 0 saturated carbocycles. The average molecular weight is 432 g/mol. The number of halogens is 1. The van der Waals surface area contributed by atoms with Gasteiger partial charge in [-0.3, -0.25) is 20.1 Å². The molecule has 0 bridgehead atoms. The lowest BCUT2D eigenvalue weighted by atomic mass is 10.2. The highest BCUT2D eigenvalue weighted by molar-refractivity contribution is 5.99. The molecule has 4 N–H and O–H groups in total. The predicted molar refractivity (Wildman–Crippen MR) is 116 cm³/mol. The number of urea groups is 1. The number of benzene rings is 2. The number of fused-ring (bicyclic) bond motifs is 1. The molecule has 3 amide bonds. The van der Waals surface area contributed by atoms with Crippen LogP contribution in [-0.2, 0) is 6.61 Å². The van der Waals surface area contributed by atoms with Crippen molar-refractivity contribution in [2.24, 2.45) is 5.73 Å². The maximum Gasteiger partial charge on any atom is 0.324 e. The third kappa shape index (κ3) is 4.93. The molecule has 0 unspecified atom stereocenters. The van der Waals surface area contributed by atoms with E-state index in [-0.39, 0.29) is 29.6 Å². The number of anilines is 2. The summed E-state index contributed by atoms with van der Waals surface area (Å²) in [5.74, 6) is -0.864. The normalized spacial score (nSPS) is 10.5. The van der Waals surface area contributed by atoms with E-state index in [9.17, 15) is 14.0 Å². The average Bonchev–Trinajstić information content (AvgIpc) is 2.79. The van der Waals surface area contributed by atoms with E-state index in [1.165, 1.54) is 30.6 Å². The number of carbonyl (C=O) groups excluding carboxylic acids is 2. The molecule has 0 saturated heterocycles. The maximum atomic E-state index is 14.4. The number of nitrogens with two attached hydrogens (primary N) is 1. The summed E-state index contributed by atoms with van der Waals surface area (Å²) in [6, 6.07) is 13.7. The SMILES string of the molecule is NC(=O)c1cc(COc2ccc(NC(=O)Nc3cnc4ccccc4n3)c(F)c2)ccn1. The second-order valence-corrected chi connectivity index (χ2v) is 6.67. The lowest BCUT2D eigenvalue weighted by molar-refractivity contribution is 0.0995. The van der Waals surface area contributed by atoms with Gasteiger partial charge in [-0.15, -0.1) is 0 Å². The summed E-state index contributed by atoms with van der Waals surface area (Å²) in [6.07, 6.45) is 2.85. The number of carbonyl (C=O) groups is 2. The van der Waals surface area contributed by atoms with Gasteiger partial charge in [-0.1, -0.05) is 12.1 Å². The fourth-order valence-corrected chi connectivity index (χ4v) is 2.84. The molecule has 4 aromatic rings. The van der Waals surface area contributed by atoms with Gasteiger partial charge in [-0.25, -0.2) is 14.2 Å². The zero-order valence-electron chi connectivity index (χ0n) is 16.6. The lowest BCUT2D eigenvalue weighted by Crippen LogP contribution is -2.21. The highest BCUT2D eigenvalue weighted by atomic mass is 19.1. The number of rotatable bonds is 6. The van der Waals surface area contributed by atoms with Gasteiger partial charge in [0.05, 0.1) is 22.9 Å². The smallest absolute Gasteiger partial charge is 0.324 e. The second-order valence-electron chi connectivity index (χ2n) is 6.67. The molecule has 10 heteroatoms. The summed E-state index contributed by atoms with van der Waals surface area (Å²) in [7, 11) is 0. The minimum absolute atomic E-state index is 0.0384. The number of primary amides is 1. The van der Waals surface area contributed by atoms with Crippen LogP contribution in [0.4, 0.5) is 20.7 Å². The van der Waals surface area contributed by atoms with Gasteiger partial charge in [-0.2, -0.15) is 0 Å². The molecule has 2 aromatic carbocycles. The molecule has 160 valence electrons. The Bertz CT molecular complexity index is 1310. The Kier molecular flexibility index (Phi) is 5.84. The summed E-state index contributed by atoms with van der Waals surface area (Å²) in [5.41, 5.74) is 7.23.